The highest BCUT2D eigenvalue weighted by Gasteiger charge is 2.25. The van der Waals surface area contributed by atoms with Crippen molar-refractivity contribution in [3.8, 4) is 5.75 Å². The second kappa shape index (κ2) is 5.25. The molecule has 98 valence electrons. The van der Waals surface area contributed by atoms with E-state index in [4.69, 9.17) is 4.74 Å². The molecule has 1 aromatic rings. The van der Waals surface area contributed by atoms with E-state index >= 15 is 0 Å². The molecule has 0 amide bonds. The second-order valence-corrected chi connectivity index (χ2v) is 4.82. The number of benzene rings is 1. The van der Waals surface area contributed by atoms with Crippen molar-refractivity contribution in [1.29, 1.82) is 0 Å². The lowest BCUT2D eigenvalue weighted by atomic mass is 9.82. The van der Waals surface area contributed by atoms with Crippen LogP contribution in [0.2, 0.25) is 0 Å². The number of hydrogen-bond acceptors (Lipinski definition) is 4. The molecule has 1 fully saturated rings. The largest absolute Gasteiger partial charge is 0.494 e. The number of rotatable bonds is 5. The molecule has 0 atom stereocenters. The molecule has 1 aliphatic carbocycles. The third-order valence-corrected chi connectivity index (χ3v) is 3.16. The van der Waals surface area contributed by atoms with Gasteiger partial charge in [0.05, 0.1) is 17.6 Å². The van der Waals surface area contributed by atoms with Crippen molar-refractivity contribution < 1.29 is 9.66 Å². The van der Waals surface area contributed by atoms with E-state index in [2.05, 4.69) is 12.2 Å². The highest BCUT2D eigenvalue weighted by atomic mass is 16.6. The summed E-state index contributed by atoms with van der Waals surface area (Å²) in [6, 6.07) is 5.26. The summed E-state index contributed by atoms with van der Waals surface area (Å²) in [5.74, 6) is 1.29. The fraction of sp³-hybridized carbons (Fsp3) is 0.538. The predicted molar refractivity (Wildman–Crippen MR) is 70.1 cm³/mol. The van der Waals surface area contributed by atoms with E-state index in [-0.39, 0.29) is 5.69 Å². The summed E-state index contributed by atoms with van der Waals surface area (Å²) in [6.45, 7) is 4.57. The Morgan fingerprint density at radius 2 is 2.17 bits per heavy atom. The predicted octanol–water partition coefficient (Wildman–Crippen LogP) is 3.20. The maximum absolute atomic E-state index is 10.9. The number of nitro benzene ring substituents is 1. The molecule has 0 aliphatic heterocycles. The van der Waals surface area contributed by atoms with Gasteiger partial charge >= 0.3 is 0 Å². The maximum atomic E-state index is 10.9. The third kappa shape index (κ3) is 2.91. The molecule has 0 aromatic heterocycles. The van der Waals surface area contributed by atoms with Gasteiger partial charge in [0.1, 0.15) is 5.75 Å². The minimum Gasteiger partial charge on any atom is -0.494 e. The lowest BCUT2D eigenvalue weighted by molar-refractivity contribution is -0.384. The number of nitro groups is 1. The molecule has 0 radical (unpaired) electrons. The van der Waals surface area contributed by atoms with Crippen LogP contribution in [0.4, 0.5) is 11.4 Å². The van der Waals surface area contributed by atoms with E-state index < -0.39 is 4.92 Å². The molecule has 1 aliphatic rings. The summed E-state index contributed by atoms with van der Waals surface area (Å²) in [7, 11) is 0. The molecule has 0 heterocycles. The minimum absolute atomic E-state index is 0.0656. The van der Waals surface area contributed by atoms with Crippen LogP contribution in [0.15, 0.2) is 18.2 Å². The van der Waals surface area contributed by atoms with Gasteiger partial charge in [-0.15, -0.1) is 0 Å². The van der Waals surface area contributed by atoms with Gasteiger partial charge in [-0.3, -0.25) is 10.1 Å². The van der Waals surface area contributed by atoms with Crippen LogP contribution < -0.4 is 10.1 Å². The Labute approximate surface area is 106 Å². The van der Waals surface area contributed by atoms with E-state index in [1.54, 1.807) is 6.07 Å². The van der Waals surface area contributed by atoms with Crippen LogP contribution >= 0.6 is 0 Å². The van der Waals surface area contributed by atoms with Crippen LogP contribution in [0.5, 0.6) is 5.75 Å². The van der Waals surface area contributed by atoms with Crippen molar-refractivity contribution in [3.05, 3.63) is 28.3 Å². The molecule has 0 unspecified atom stereocenters. The van der Waals surface area contributed by atoms with Gasteiger partial charge < -0.3 is 10.1 Å². The van der Waals surface area contributed by atoms with E-state index in [1.165, 1.54) is 6.07 Å². The van der Waals surface area contributed by atoms with Gasteiger partial charge in [-0.25, -0.2) is 0 Å². The smallest absolute Gasteiger partial charge is 0.275 e. The van der Waals surface area contributed by atoms with Crippen molar-refractivity contribution in [2.24, 2.45) is 5.92 Å². The molecule has 0 spiro atoms. The Balaban J connectivity index is 2.14. The SMILES string of the molecule is CCOc1cc(NC2CC(C)C2)cc([N+](=O)[O-])c1. The van der Waals surface area contributed by atoms with Gasteiger partial charge in [0.25, 0.3) is 5.69 Å². The first kappa shape index (κ1) is 12.7. The molecule has 5 nitrogen and oxygen atoms in total. The standard InChI is InChI=1S/C13H18N2O3/c1-3-18-13-7-11(6-12(8-13)15(16)17)14-10-4-9(2)5-10/h6-10,14H,3-5H2,1-2H3. The first-order valence-electron chi connectivity index (χ1n) is 6.27. The highest BCUT2D eigenvalue weighted by molar-refractivity contribution is 5.57. The highest BCUT2D eigenvalue weighted by Crippen LogP contribution is 2.32. The zero-order valence-corrected chi connectivity index (χ0v) is 10.7. The molecule has 1 N–H and O–H groups in total. The number of ether oxygens (including phenoxy) is 1. The number of anilines is 1. The summed E-state index contributed by atoms with van der Waals surface area (Å²) >= 11 is 0. The summed E-state index contributed by atoms with van der Waals surface area (Å²) in [4.78, 5) is 10.5. The molecular formula is C13H18N2O3. The number of non-ortho nitro benzene ring substituents is 1. The van der Waals surface area contributed by atoms with E-state index in [0.717, 1.165) is 24.4 Å². The van der Waals surface area contributed by atoms with E-state index in [0.29, 0.717) is 18.4 Å². The quantitative estimate of drug-likeness (QED) is 0.643. The minimum atomic E-state index is -0.392. The molecule has 1 aromatic carbocycles. The fourth-order valence-corrected chi connectivity index (χ4v) is 2.28. The van der Waals surface area contributed by atoms with Crippen LogP contribution in [0.25, 0.3) is 0 Å². The number of nitrogens with zero attached hydrogens (tertiary/aromatic N) is 1. The fourth-order valence-electron chi connectivity index (χ4n) is 2.28. The Morgan fingerprint density at radius 1 is 1.44 bits per heavy atom. The molecule has 0 saturated heterocycles. The Hall–Kier alpha value is -1.78. The molecular weight excluding hydrogens is 232 g/mol. The van der Waals surface area contributed by atoms with Crippen LogP contribution in [0.3, 0.4) is 0 Å². The summed E-state index contributed by atoms with van der Waals surface area (Å²) in [5, 5.41) is 14.2. The van der Waals surface area contributed by atoms with Crippen molar-refractivity contribution in [2.75, 3.05) is 11.9 Å². The molecule has 5 heteroatoms. The monoisotopic (exact) mass is 250 g/mol. The molecule has 18 heavy (non-hydrogen) atoms. The Bertz CT molecular complexity index is 442. The average Bonchev–Trinajstić information content (AvgIpc) is 2.27. The van der Waals surface area contributed by atoms with Crippen molar-refractivity contribution in [1.82, 2.24) is 0 Å². The normalized spacial score (nSPS) is 22.1. The lowest BCUT2D eigenvalue weighted by Crippen LogP contribution is -2.33. The zero-order valence-electron chi connectivity index (χ0n) is 10.7. The van der Waals surface area contributed by atoms with Crippen LogP contribution in [0, 0.1) is 16.0 Å². The van der Waals surface area contributed by atoms with Gasteiger partial charge in [0.15, 0.2) is 0 Å². The molecule has 1 saturated carbocycles. The van der Waals surface area contributed by atoms with Crippen molar-refractivity contribution >= 4 is 11.4 Å². The third-order valence-electron chi connectivity index (χ3n) is 3.16. The van der Waals surface area contributed by atoms with Crippen LogP contribution in [0.1, 0.15) is 26.7 Å². The number of nitrogens with one attached hydrogen (secondary N) is 1. The van der Waals surface area contributed by atoms with Gasteiger partial charge in [0.2, 0.25) is 0 Å². The number of hydrogen-bond donors (Lipinski definition) is 1. The van der Waals surface area contributed by atoms with E-state index in [9.17, 15) is 10.1 Å². The summed E-state index contributed by atoms with van der Waals surface area (Å²) < 4.78 is 5.35. The molecule has 2 rings (SSSR count). The maximum Gasteiger partial charge on any atom is 0.275 e. The Kier molecular flexibility index (Phi) is 3.69. The van der Waals surface area contributed by atoms with Crippen LogP contribution in [-0.2, 0) is 0 Å². The summed E-state index contributed by atoms with van der Waals surface area (Å²) in [5.41, 5.74) is 0.834. The van der Waals surface area contributed by atoms with Crippen molar-refractivity contribution in [2.45, 2.75) is 32.7 Å². The van der Waals surface area contributed by atoms with Crippen molar-refractivity contribution in [3.63, 3.8) is 0 Å². The second-order valence-electron chi connectivity index (χ2n) is 4.82. The Morgan fingerprint density at radius 3 is 2.72 bits per heavy atom. The molecule has 0 bridgehead atoms. The first-order valence-corrected chi connectivity index (χ1v) is 6.27. The van der Waals surface area contributed by atoms with Gasteiger partial charge in [-0.05, 0) is 25.7 Å². The first-order chi connectivity index (χ1) is 8.58. The topological polar surface area (TPSA) is 64.4 Å². The van der Waals surface area contributed by atoms with E-state index in [1.807, 2.05) is 13.0 Å². The van der Waals surface area contributed by atoms with Gasteiger partial charge in [0, 0.05) is 23.9 Å². The summed E-state index contributed by atoms with van der Waals surface area (Å²) in [6.07, 6.45) is 2.24. The average molecular weight is 250 g/mol. The van der Waals surface area contributed by atoms with Gasteiger partial charge in [-0.1, -0.05) is 6.92 Å². The van der Waals surface area contributed by atoms with Crippen LogP contribution in [-0.4, -0.2) is 17.6 Å². The zero-order chi connectivity index (χ0) is 13.1. The lowest BCUT2D eigenvalue weighted by Gasteiger charge is -2.34. The van der Waals surface area contributed by atoms with Gasteiger partial charge in [-0.2, -0.15) is 0 Å².